The van der Waals surface area contributed by atoms with Crippen LogP contribution in [-0.4, -0.2) is 42.8 Å². The van der Waals surface area contributed by atoms with E-state index in [9.17, 15) is 46.8 Å². The van der Waals surface area contributed by atoms with E-state index in [0.29, 0.717) is 38.9 Å². The molecule has 0 aliphatic heterocycles. The van der Waals surface area contributed by atoms with Crippen LogP contribution in [0.15, 0.2) is 57.5 Å². The van der Waals surface area contributed by atoms with Gasteiger partial charge in [0.1, 0.15) is 0 Å². The minimum Gasteiger partial charge on any atom is -0.505 e. The van der Waals surface area contributed by atoms with Gasteiger partial charge in [-0.2, -0.15) is 8.78 Å². The van der Waals surface area contributed by atoms with Crippen LogP contribution in [-0.2, 0) is 0 Å². The number of hydrogen-bond donors (Lipinski definition) is 6. The molecule has 14 heteroatoms. The highest BCUT2D eigenvalue weighted by molar-refractivity contribution is 9.10. The summed E-state index contributed by atoms with van der Waals surface area (Å²) < 4.78 is 79.5. The van der Waals surface area contributed by atoms with E-state index in [1.165, 1.54) is 30.3 Å². The summed E-state index contributed by atoms with van der Waals surface area (Å²) in [5, 5.41) is 56.3. The van der Waals surface area contributed by atoms with Crippen LogP contribution in [0, 0.1) is 71.4 Å². The Bertz CT molecular complexity index is 1970. The normalized spacial score (nSPS) is 27.9. The summed E-state index contributed by atoms with van der Waals surface area (Å²) in [5.41, 5.74) is 2.40. The standard InChI is InChI=1S/C17H23FO2.C16H20F2O2.C7H6BrFO.C6H3BrF2O/c1-10-13(4-5-14(19)16(10)18)11-7-8-17(2)12(9-11)3-6-15(17)20;1-16-7-6-9(8-10(16)2-5-13(16)20)11-3-4-12(19)15(18)14(11)17;1-4-5(8)2-3-6(10)7(4)9;7-3-1-2-4(10)6(9)5(3)8/h4-5,11-12,15,19-20H,3,6-9H2,1-2H3;3-4,9-10,13,19-20H,2,5-8H2,1H3;2-3,10H,1H3;1-2,10H/t11-,12+,15-,17-;9-,10+,13-,16-;;/m00../s1. The maximum absolute atomic E-state index is 14.0. The van der Waals surface area contributed by atoms with E-state index in [-0.39, 0.29) is 44.9 Å². The summed E-state index contributed by atoms with van der Waals surface area (Å²) in [6.45, 7) is 7.66. The van der Waals surface area contributed by atoms with Crippen LogP contribution in [0.2, 0.25) is 0 Å². The van der Waals surface area contributed by atoms with Crippen molar-refractivity contribution in [1.82, 2.24) is 0 Å². The fourth-order valence-corrected chi connectivity index (χ4v) is 10.3. The quantitative estimate of drug-likeness (QED) is 0.0879. The van der Waals surface area contributed by atoms with Crippen molar-refractivity contribution >= 4 is 31.9 Å². The van der Waals surface area contributed by atoms with Crippen molar-refractivity contribution in [3.63, 3.8) is 0 Å². The van der Waals surface area contributed by atoms with Gasteiger partial charge in [0.05, 0.1) is 16.7 Å². The number of halogens is 8. The van der Waals surface area contributed by atoms with Crippen LogP contribution in [0.25, 0.3) is 0 Å². The van der Waals surface area contributed by atoms with E-state index < -0.39 is 46.4 Å². The second kappa shape index (κ2) is 19.3. The van der Waals surface area contributed by atoms with Gasteiger partial charge in [-0.1, -0.05) is 41.9 Å². The third-order valence-electron chi connectivity index (χ3n) is 13.9. The second-order valence-electron chi connectivity index (χ2n) is 17.1. The molecule has 0 unspecified atom stereocenters. The molecular formula is C46H52Br2F6O6. The molecular weight excluding hydrogens is 922 g/mol. The smallest absolute Gasteiger partial charge is 0.201 e. The lowest BCUT2D eigenvalue weighted by atomic mass is 9.64. The van der Waals surface area contributed by atoms with Crippen molar-refractivity contribution in [3.05, 3.63) is 115 Å². The lowest BCUT2D eigenvalue weighted by Crippen LogP contribution is -2.37. The van der Waals surface area contributed by atoms with Gasteiger partial charge in [-0.05, 0) is 182 Å². The van der Waals surface area contributed by atoms with Crippen molar-refractivity contribution in [2.75, 3.05) is 0 Å². The molecule has 4 saturated carbocycles. The van der Waals surface area contributed by atoms with Gasteiger partial charge in [0.2, 0.25) is 11.6 Å². The Morgan fingerprint density at radius 2 is 0.850 bits per heavy atom. The molecule has 0 heterocycles. The van der Waals surface area contributed by atoms with Crippen LogP contribution in [0.5, 0.6) is 23.0 Å². The highest BCUT2D eigenvalue weighted by Crippen LogP contribution is 2.57. The molecule has 6 nitrogen and oxygen atoms in total. The molecule has 4 aliphatic carbocycles. The Morgan fingerprint density at radius 3 is 1.32 bits per heavy atom. The molecule has 8 rings (SSSR count). The lowest BCUT2D eigenvalue weighted by molar-refractivity contribution is 0.00837. The molecule has 0 radical (unpaired) electrons. The first kappa shape index (κ1) is 47.6. The zero-order valence-corrected chi connectivity index (χ0v) is 37.0. The Hall–Kier alpha value is -3.46. The first-order chi connectivity index (χ1) is 28.1. The monoisotopic (exact) mass is 972 g/mol. The van der Waals surface area contributed by atoms with E-state index in [1.54, 1.807) is 19.9 Å². The van der Waals surface area contributed by atoms with Crippen molar-refractivity contribution in [3.8, 4) is 23.0 Å². The number of rotatable bonds is 2. The Labute approximate surface area is 363 Å². The van der Waals surface area contributed by atoms with Gasteiger partial charge in [0, 0.05) is 10.0 Å². The summed E-state index contributed by atoms with van der Waals surface area (Å²) in [6.07, 6.45) is 8.70. The summed E-state index contributed by atoms with van der Waals surface area (Å²) in [4.78, 5) is 0. The molecule has 60 heavy (non-hydrogen) atoms. The largest absolute Gasteiger partial charge is 0.505 e. The zero-order chi connectivity index (χ0) is 44.4. The highest BCUT2D eigenvalue weighted by Gasteiger charge is 2.50. The number of phenolic OH excluding ortho intramolecular Hbond substituents is 4. The van der Waals surface area contributed by atoms with Gasteiger partial charge in [-0.15, -0.1) is 0 Å². The molecule has 0 spiro atoms. The van der Waals surface area contributed by atoms with Crippen LogP contribution >= 0.6 is 31.9 Å². The molecule has 0 bridgehead atoms. The molecule has 0 aromatic heterocycles. The topological polar surface area (TPSA) is 121 Å². The fourth-order valence-electron chi connectivity index (χ4n) is 9.72. The first-order valence-electron chi connectivity index (χ1n) is 20.1. The van der Waals surface area contributed by atoms with Crippen LogP contribution in [0.3, 0.4) is 0 Å². The molecule has 0 amide bonds. The highest BCUT2D eigenvalue weighted by atomic mass is 79.9. The van der Waals surface area contributed by atoms with Crippen LogP contribution < -0.4 is 0 Å². The van der Waals surface area contributed by atoms with Gasteiger partial charge >= 0.3 is 0 Å². The maximum Gasteiger partial charge on any atom is 0.201 e. The lowest BCUT2D eigenvalue weighted by Gasteiger charge is -2.42. The Balaban J connectivity index is 0.000000160. The summed E-state index contributed by atoms with van der Waals surface area (Å²) in [7, 11) is 0. The predicted octanol–water partition coefficient (Wildman–Crippen LogP) is 12.6. The Morgan fingerprint density at radius 1 is 0.467 bits per heavy atom. The number of phenols is 4. The number of aromatic hydroxyl groups is 4. The Kier molecular flexibility index (Phi) is 15.3. The number of fused-ring (bicyclic) bond motifs is 2. The van der Waals surface area contributed by atoms with Crippen LogP contribution in [0.4, 0.5) is 26.3 Å². The third kappa shape index (κ3) is 9.76. The summed E-state index contributed by atoms with van der Waals surface area (Å²) >= 11 is 5.88. The molecule has 328 valence electrons. The minimum absolute atomic E-state index is 0.00259. The molecule has 4 fully saturated rings. The van der Waals surface area contributed by atoms with E-state index >= 15 is 0 Å². The third-order valence-corrected chi connectivity index (χ3v) is 15.3. The van der Waals surface area contributed by atoms with E-state index in [0.717, 1.165) is 75.8 Å². The van der Waals surface area contributed by atoms with Gasteiger partial charge < -0.3 is 30.6 Å². The number of aliphatic hydroxyl groups is 2. The van der Waals surface area contributed by atoms with Gasteiger partial charge in [0.25, 0.3) is 0 Å². The van der Waals surface area contributed by atoms with Gasteiger partial charge in [-0.3, -0.25) is 0 Å². The summed E-state index contributed by atoms with van der Waals surface area (Å²) in [6, 6.07) is 11.3. The number of hydrogen-bond acceptors (Lipinski definition) is 6. The summed E-state index contributed by atoms with van der Waals surface area (Å²) in [5.74, 6) is -6.06. The maximum atomic E-state index is 14.0. The molecule has 4 aliphatic rings. The molecule has 0 saturated heterocycles. The van der Waals surface area contributed by atoms with E-state index in [1.807, 2.05) is 6.07 Å². The first-order valence-corrected chi connectivity index (χ1v) is 21.7. The predicted molar refractivity (Wildman–Crippen MR) is 224 cm³/mol. The van der Waals surface area contributed by atoms with Crippen LogP contribution in [0.1, 0.15) is 112 Å². The fraction of sp³-hybridized carbons (Fsp3) is 0.478. The van der Waals surface area contributed by atoms with E-state index in [2.05, 4.69) is 45.7 Å². The molecule has 4 aromatic rings. The molecule has 8 atom stereocenters. The van der Waals surface area contributed by atoms with Crippen molar-refractivity contribution in [2.24, 2.45) is 22.7 Å². The molecule has 4 aromatic carbocycles. The van der Waals surface area contributed by atoms with Crippen molar-refractivity contribution < 1.29 is 57.0 Å². The van der Waals surface area contributed by atoms with Crippen molar-refractivity contribution in [1.29, 1.82) is 0 Å². The van der Waals surface area contributed by atoms with Gasteiger partial charge in [-0.25, -0.2) is 17.6 Å². The van der Waals surface area contributed by atoms with E-state index in [4.69, 9.17) is 10.2 Å². The average Bonchev–Trinajstić information content (AvgIpc) is 3.70. The van der Waals surface area contributed by atoms with Gasteiger partial charge in [0.15, 0.2) is 46.3 Å². The number of aliphatic hydroxyl groups excluding tert-OH is 2. The SMILES string of the molecule is C[C@]12CC[C@H](c3ccc(O)c(F)c3F)C[C@H]1CC[C@@H]2O.Cc1c(Br)ccc(O)c1F.Cc1c([C@H]2CC[C@@]3(C)[C@H](CC[C@@H]3O)C2)ccc(O)c1F.Oc1ccc(Br)c(F)c1F. The number of benzene rings is 4. The second-order valence-corrected chi connectivity index (χ2v) is 18.9. The van der Waals surface area contributed by atoms with Crippen molar-refractivity contribution in [2.45, 2.75) is 116 Å². The average molecular weight is 975 g/mol. The minimum atomic E-state index is -1.23. The molecule has 6 N–H and O–H groups in total. The zero-order valence-electron chi connectivity index (χ0n) is 33.9.